The zero-order chi connectivity index (χ0) is 13.4. The van der Waals surface area contributed by atoms with Crippen LogP contribution in [-0.4, -0.2) is 23.9 Å². The quantitative estimate of drug-likeness (QED) is 0.333. The average molecular weight is 399 g/mol. The van der Waals surface area contributed by atoms with Crippen molar-refractivity contribution in [3.05, 3.63) is 0 Å². The molecule has 8 nitrogen and oxygen atoms in total. The fourth-order valence-electron chi connectivity index (χ4n) is 1.98. The van der Waals surface area contributed by atoms with E-state index >= 15 is 0 Å². The third kappa shape index (κ3) is 7.16. The summed E-state index contributed by atoms with van der Waals surface area (Å²) in [5, 5.41) is 43.0. The van der Waals surface area contributed by atoms with Crippen molar-refractivity contribution < 1.29 is 245 Å². The van der Waals surface area contributed by atoms with Crippen molar-refractivity contribution in [1.29, 1.82) is 0 Å². The van der Waals surface area contributed by atoms with Crippen molar-refractivity contribution in [2.24, 2.45) is 10.8 Å². The number of carboxylic acids is 4. The molecule has 0 aromatic rings. The molecule has 1 rings (SSSR count). The molecule has 1 saturated carbocycles. The molecule has 0 heterocycles. The maximum atomic E-state index is 10.7. The van der Waals surface area contributed by atoms with Gasteiger partial charge in [0.15, 0.2) is 0 Å². The van der Waals surface area contributed by atoms with E-state index in [2.05, 4.69) is 0 Å². The normalized spacial score (nSPS) is 16.8. The Bertz CT molecular complexity index is 358. The fraction of sp³-hybridized carbons (Fsp3) is 0.556. The van der Waals surface area contributed by atoms with Crippen LogP contribution < -0.4 is 226 Å². The summed E-state index contributed by atoms with van der Waals surface area (Å²) in [5.74, 6) is -8.33. The summed E-state index contributed by atoms with van der Waals surface area (Å²) in [6.45, 7) is 0. The molecule has 1 fully saturated rings. The molecule has 1 aliphatic carbocycles. The molecule has 21 heavy (non-hydrogen) atoms. The van der Waals surface area contributed by atoms with Crippen molar-refractivity contribution in [3.63, 3.8) is 0 Å². The van der Waals surface area contributed by atoms with E-state index in [1.165, 1.54) is 0 Å². The molecule has 0 saturated heterocycles. The summed E-state index contributed by atoms with van der Waals surface area (Å²) in [6, 6.07) is 0. The number of rotatable bonds is 4. The Morgan fingerprint density at radius 1 is 0.571 bits per heavy atom. The Kier molecular flexibility index (Phi) is 21.4. The second kappa shape index (κ2) is 13.6. The number of hydrogen-bond acceptors (Lipinski definition) is 8. The van der Waals surface area contributed by atoms with Crippen LogP contribution in [-0.2, 0) is 19.2 Å². The SMILES string of the molecule is O=C([O-])C1(C(=O)[O-])CCC(C(=O)[O-])(C(=O)[O-])C1.[K+].[K+].[K+].[K+]. The molecule has 0 amide bonds. The molecular formula is C9H6K4O8. The van der Waals surface area contributed by atoms with Crippen LogP contribution in [0.5, 0.6) is 0 Å². The van der Waals surface area contributed by atoms with Gasteiger partial charge >= 0.3 is 206 Å². The minimum atomic E-state index is -2.64. The minimum Gasteiger partial charge on any atom is -0.549 e. The van der Waals surface area contributed by atoms with Gasteiger partial charge in [-0.3, -0.25) is 0 Å². The standard InChI is InChI=1S/C9H10O8.4K/c10-4(11)8(5(12)13)1-2-9(3-8,6(14)15)7(16)17;;;;/h1-3H2,(H,10,11)(H,12,13)(H,14,15)(H,16,17);;;;/q;4*+1/p-4. The number of carbonyl (C=O) groups excluding carboxylic acids is 4. The molecule has 0 aromatic heterocycles. The van der Waals surface area contributed by atoms with E-state index in [1.54, 1.807) is 0 Å². The first-order valence-corrected chi connectivity index (χ1v) is 4.55. The van der Waals surface area contributed by atoms with E-state index in [-0.39, 0.29) is 206 Å². The summed E-state index contributed by atoms with van der Waals surface area (Å²) in [6.07, 6.45) is -2.64. The van der Waals surface area contributed by atoms with Crippen LogP contribution in [0.25, 0.3) is 0 Å². The van der Waals surface area contributed by atoms with Crippen LogP contribution in [0.15, 0.2) is 0 Å². The first-order chi connectivity index (χ1) is 7.69. The van der Waals surface area contributed by atoms with E-state index in [1.807, 2.05) is 0 Å². The van der Waals surface area contributed by atoms with E-state index in [0.717, 1.165) is 0 Å². The van der Waals surface area contributed by atoms with Gasteiger partial charge < -0.3 is 39.6 Å². The molecule has 0 aliphatic heterocycles. The Morgan fingerprint density at radius 3 is 0.857 bits per heavy atom. The van der Waals surface area contributed by atoms with Crippen molar-refractivity contribution >= 4 is 23.9 Å². The number of hydrogen-bond donors (Lipinski definition) is 0. The van der Waals surface area contributed by atoms with Crippen LogP contribution in [0.2, 0.25) is 0 Å². The zero-order valence-electron chi connectivity index (χ0n) is 12.4. The van der Waals surface area contributed by atoms with Gasteiger partial charge in [-0.25, -0.2) is 0 Å². The predicted molar refractivity (Wildman–Crippen MR) is 38.7 cm³/mol. The third-order valence-electron chi connectivity index (χ3n) is 3.15. The van der Waals surface area contributed by atoms with Gasteiger partial charge in [0.1, 0.15) is 0 Å². The molecule has 0 unspecified atom stereocenters. The van der Waals surface area contributed by atoms with E-state index in [0.29, 0.717) is 0 Å². The molecular weight excluding hydrogens is 392 g/mol. The molecule has 0 atom stereocenters. The fourth-order valence-corrected chi connectivity index (χ4v) is 1.98. The molecule has 0 spiro atoms. The summed E-state index contributed by atoms with van der Waals surface area (Å²) in [5.41, 5.74) is -5.28. The largest absolute Gasteiger partial charge is 1.00 e. The Morgan fingerprint density at radius 2 is 0.762 bits per heavy atom. The van der Waals surface area contributed by atoms with E-state index < -0.39 is 54.0 Å². The summed E-state index contributed by atoms with van der Waals surface area (Å²) in [7, 11) is 0. The van der Waals surface area contributed by atoms with Gasteiger partial charge in [0.25, 0.3) is 0 Å². The summed E-state index contributed by atoms with van der Waals surface area (Å²) >= 11 is 0. The van der Waals surface area contributed by atoms with Gasteiger partial charge in [-0.2, -0.15) is 0 Å². The van der Waals surface area contributed by atoms with Crippen LogP contribution >= 0.6 is 0 Å². The van der Waals surface area contributed by atoms with E-state index in [9.17, 15) is 39.6 Å². The van der Waals surface area contributed by atoms with Crippen molar-refractivity contribution in [1.82, 2.24) is 0 Å². The minimum absolute atomic E-state index is 0. The van der Waals surface area contributed by atoms with Gasteiger partial charge in [0.2, 0.25) is 0 Å². The first-order valence-electron chi connectivity index (χ1n) is 4.55. The molecule has 0 radical (unpaired) electrons. The van der Waals surface area contributed by atoms with Crippen LogP contribution in [0.3, 0.4) is 0 Å². The number of carbonyl (C=O) groups is 4. The molecule has 0 aromatic carbocycles. The second-order valence-electron chi connectivity index (χ2n) is 3.99. The van der Waals surface area contributed by atoms with Gasteiger partial charge in [-0.15, -0.1) is 0 Å². The molecule has 12 heteroatoms. The Hall–Kier alpha value is 4.43. The maximum absolute atomic E-state index is 10.7. The van der Waals surface area contributed by atoms with Gasteiger partial charge in [-0.1, -0.05) is 0 Å². The average Bonchev–Trinajstić information content (AvgIpc) is 2.59. The second-order valence-corrected chi connectivity index (χ2v) is 3.99. The topological polar surface area (TPSA) is 161 Å². The van der Waals surface area contributed by atoms with Gasteiger partial charge in [0, 0.05) is 0 Å². The van der Waals surface area contributed by atoms with Gasteiger partial charge in [-0.05, 0) is 19.3 Å². The maximum Gasteiger partial charge on any atom is 1.00 e. The Labute approximate surface area is 290 Å². The van der Waals surface area contributed by atoms with Crippen molar-refractivity contribution in [2.75, 3.05) is 0 Å². The number of carboxylic acid groups (broad SMARTS) is 4. The summed E-state index contributed by atoms with van der Waals surface area (Å²) in [4.78, 5) is 43.0. The monoisotopic (exact) mass is 398 g/mol. The van der Waals surface area contributed by atoms with Crippen LogP contribution in [0.1, 0.15) is 19.3 Å². The first kappa shape index (κ1) is 33.0. The van der Waals surface area contributed by atoms with Gasteiger partial charge in [0.05, 0.1) is 34.7 Å². The predicted octanol–water partition coefficient (Wildman–Crippen LogP) is -17.8. The molecule has 1 aliphatic rings. The third-order valence-corrected chi connectivity index (χ3v) is 3.15. The summed E-state index contributed by atoms with van der Waals surface area (Å²) < 4.78 is 0. The Balaban J connectivity index is -0.000000361. The number of aliphatic carboxylic acids is 4. The zero-order valence-corrected chi connectivity index (χ0v) is 24.9. The molecule has 0 bridgehead atoms. The van der Waals surface area contributed by atoms with Crippen molar-refractivity contribution in [3.8, 4) is 0 Å². The van der Waals surface area contributed by atoms with E-state index in [4.69, 9.17) is 0 Å². The smallest absolute Gasteiger partial charge is 0.549 e. The van der Waals surface area contributed by atoms with Crippen molar-refractivity contribution in [2.45, 2.75) is 19.3 Å². The van der Waals surface area contributed by atoms with Crippen LogP contribution in [0.4, 0.5) is 0 Å². The molecule has 94 valence electrons. The molecule has 0 N–H and O–H groups in total. The van der Waals surface area contributed by atoms with Crippen LogP contribution in [0, 0.1) is 10.8 Å².